The van der Waals surface area contributed by atoms with Crippen LogP contribution in [0.2, 0.25) is 0 Å². The second kappa shape index (κ2) is 4.31. The van der Waals surface area contributed by atoms with E-state index in [1.165, 1.54) is 4.90 Å². The normalized spacial score (nSPS) is 21.3. The Morgan fingerprint density at radius 3 is 2.80 bits per heavy atom. The highest BCUT2D eigenvalue weighted by Crippen LogP contribution is 2.27. The molecule has 1 aromatic carbocycles. The zero-order chi connectivity index (χ0) is 10.7. The minimum Gasteiger partial charge on any atom is -0.465 e. The number of hydrogen-bond donors (Lipinski definition) is 1. The van der Waals surface area contributed by atoms with Crippen LogP contribution in [0.4, 0.5) is 4.79 Å². The van der Waals surface area contributed by atoms with Crippen molar-refractivity contribution in [3.05, 3.63) is 35.9 Å². The zero-order valence-corrected chi connectivity index (χ0v) is 8.30. The summed E-state index contributed by atoms with van der Waals surface area (Å²) in [5.41, 5.74) is 1.03. The number of benzene rings is 1. The summed E-state index contributed by atoms with van der Waals surface area (Å²) >= 11 is 0. The van der Waals surface area contributed by atoms with Gasteiger partial charge in [0.25, 0.3) is 0 Å². The molecule has 1 fully saturated rings. The molecule has 1 saturated heterocycles. The lowest BCUT2D eigenvalue weighted by atomic mass is 10.0. The standard InChI is InChI=1S/C11H13NO3/c13-11(14)12-8-15-7-6-10(12)9-4-2-1-3-5-9/h1-5,10H,6-8H2,(H,13,14). The first kappa shape index (κ1) is 9.98. The number of carboxylic acid groups (broad SMARTS) is 1. The van der Waals surface area contributed by atoms with Crippen LogP contribution < -0.4 is 0 Å². The van der Waals surface area contributed by atoms with Gasteiger partial charge in [-0.1, -0.05) is 30.3 Å². The molecule has 0 aromatic heterocycles. The molecule has 1 amide bonds. The Bertz CT molecular complexity index is 339. The number of rotatable bonds is 1. The first-order chi connectivity index (χ1) is 7.29. The summed E-state index contributed by atoms with van der Waals surface area (Å²) in [4.78, 5) is 12.3. The Morgan fingerprint density at radius 2 is 2.13 bits per heavy atom. The van der Waals surface area contributed by atoms with Gasteiger partial charge >= 0.3 is 6.09 Å². The van der Waals surface area contributed by atoms with Crippen LogP contribution in [0.1, 0.15) is 18.0 Å². The van der Waals surface area contributed by atoms with Crippen molar-refractivity contribution in [1.82, 2.24) is 4.90 Å². The summed E-state index contributed by atoms with van der Waals surface area (Å²) in [6.07, 6.45) is -0.209. The van der Waals surface area contributed by atoms with E-state index in [-0.39, 0.29) is 12.8 Å². The highest BCUT2D eigenvalue weighted by Gasteiger charge is 2.27. The van der Waals surface area contributed by atoms with E-state index in [0.29, 0.717) is 6.61 Å². The highest BCUT2D eigenvalue weighted by molar-refractivity contribution is 5.65. The second-order valence-corrected chi connectivity index (χ2v) is 3.50. The van der Waals surface area contributed by atoms with Crippen molar-refractivity contribution in [1.29, 1.82) is 0 Å². The molecule has 1 aliphatic heterocycles. The van der Waals surface area contributed by atoms with Gasteiger partial charge in [-0.3, -0.25) is 4.90 Å². The third-order valence-electron chi connectivity index (χ3n) is 2.57. The van der Waals surface area contributed by atoms with Gasteiger partial charge in [0, 0.05) is 0 Å². The van der Waals surface area contributed by atoms with Crippen LogP contribution in [-0.2, 0) is 4.74 Å². The molecule has 0 bridgehead atoms. The Balaban J connectivity index is 2.22. The van der Waals surface area contributed by atoms with Crippen LogP contribution in [0.3, 0.4) is 0 Å². The van der Waals surface area contributed by atoms with Gasteiger partial charge in [0.1, 0.15) is 6.73 Å². The Hall–Kier alpha value is -1.55. The fourth-order valence-electron chi connectivity index (χ4n) is 1.81. The lowest BCUT2D eigenvalue weighted by Gasteiger charge is -2.33. The van der Waals surface area contributed by atoms with Crippen molar-refractivity contribution in [2.45, 2.75) is 12.5 Å². The molecule has 0 radical (unpaired) electrons. The molecular weight excluding hydrogens is 194 g/mol. The van der Waals surface area contributed by atoms with Gasteiger partial charge in [-0.25, -0.2) is 4.79 Å². The second-order valence-electron chi connectivity index (χ2n) is 3.50. The SMILES string of the molecule is O=C(O)N1COCCC1c1ccccc1. The summed E-state index contributed by atoms with van der Waals surface area (Å²) in [7, 11) is 0. The van der Waals surface area contributed by atoms with Crippen LogP contribution >= 0.6 is 0 Å². The molecular formula is C11H13NO3. The summed E-state index contributed by atoms with van der Waals surface area (Å²) in [6.45, 7) is 0.776. The molecule has 1 N–H and O–H groups in total. The number of nitrogens with zero attached hydrogens (tertiary/aromatic N) is 1. The fourth-order valence-corrected chi connectivity index (χ4v) is 1.81. The van der Waals surface area contributed by atoms with E-state index in [4.69, 9.17) is 9.84 Å². The average molecular weight is 207 g/mol. The van der Waals surface area contributed by atoms with E-state index < -0.39 is 6.09 Å². The minimum absolute atomic E-state index is 0.0718. The molecule has 0 aliphatic carbocycles. The molecule has 1 aliphatic rings. The maximum atomic E-state index is 11.0. The van der Waals surface area contributed by atoms with Crippen molar-refractivity contribution in [2.24, 2.45) is 0 Å². The summed E-state index contributed by atoms with van der Waals surface area (Å²) in [6, 6.07) is 9.60. The van der Waals surface area contributed by atoms with Crippen molar-refractivity contribution in [3.63, 3.8) is 0 Å². The number of carbonyl (C=O) groups is 1. The molecule has 1 heterocycles. The average Bonchev–Trinajstić information content (AvgIpc) is 2.30. The fraction of sp³-hybridized carbons (Fsp3) is 0.364. The third-order valence-corrected chi connectivity index (χ3v) is 2.57. The number of amides is 1. The van der Waals surface area contributed by atoms with Crippen LogP contribution in [0.15, 0.2) is 30.3 Å². The van der Waals surface area contributed by atoms with Gasteiger partial charge in [0.15, 0.2) is 0 Å². The molecule has 80 valence electrons. The quantitative estimate of drug-likeness (QED) is 0.767. The van der Waals surface area contributed by atoms with Crippen molar-refractivity contribution >= 4 is 6.09 Å². The molecule has 1 atom stereocenters. The lowest BCUT2D eigenvalue weighted by molar-refractivity contribution is -0.0356. The smallest absolute Gasteiger partial charge is 0.409 e. The zero-order valence-electron chi connectivity index (χ0n) is 8.30. The van der Waals surface area contributed by atoms with Crippen LogP contribution in [0.5, 0.6) is 0 Å². The van der Waals surface area contributed by atoms with Gasteiger partial charge in [-0.2, -0.15) is 0 Å². The van der Waals surface area contributed by atoms with Crippen LogP contribution in [0, 0.1) is 0 Å². The number of ether oxygens (including phenoxy) is 1. The Labute approximate surface area is 88.1 Å². The molecule has 0 saturated carbocycles. The number of hydrogen-bond acceptors (Lipinski definition) is 2. The van der Waals surface area contributed by atoms with Crippen LogP contribution in [0.25, 0.3) is 0 Å². The molecule has 4 heteroatoms. The van der Waals surface area contributed by atoms with E-state index in [9.17, 15) is 4.79 Å². The maximum absolute atomic E-state index is 11.0. The topological polar surface area (TPSA) is 49.8 Å². The van der Waals surface area contributed by atoms with Gasteiger partial charge in [0.2, 0.25) is 0 Å². The maximum Gasteiger partial charge on any atom is 0.409 e. The van der Waals surface area contributed by atoms with Gasteiger partial charge in [-0.05, 0) is 12.0 Å². The van der Waals surface area contributed by atoms with Crippen molar-refractivity contribution < 1.29 is 14.6 Å². The summed E-state index contributed by atoms with van der Waals surface area (Å²) < 4.78 is 5.14. The largest absolute Gasteiger partial charge is 0.465 e. The molecule has 1 unspecified atom stereocenters. The van der Waals surface area contributed by atoms with Crippen molar-refractivity contribution in [2.75, 3.05) is 13.3 Å². The first-order valence-corrected chi connectivity index (χ1v) is 4.91. The van der Waals surface area contributed by atoms with E-state index in [0.717, 1.165) is 12.0 Å². The monoisotopic (exact) mass is 207 g/mol. The molecule has 4 nitrogen and oxygen atoms in total. The third kappa shape index (κ3) is 2.10. The predicted molar refractivity (Wildman–Crippen MR) is 54.5 cm³/mol. The predicted octanol–water partition coefficient (Wildman–Crippen LogP) is 2.09. The molecule has 1 aromatic rings. The Kier molecular flexibility index (Phi) is 2.87. The van der Waals surface area contributed by atoms with E-state index in [1.807, 2.05) is 30.3 Å². The lowest BCUT2D eigenvalue weighted by Crippen LogP contribution is -2.39. The summed E-state index contributed by atoms with van der Waals surface area (Å²) in [5, 5.41) is 9.02. The summed E-state index contributed by atoms with van der Waals surface area (Å²) in [5.74, 6) is 0. The van der Waals surface area contributed by atoms with Gasteiger partial charge in [0.05, 0.1) is 12.6 Å². The van der Waals surface area contributed by atoms with Crippen LogP contribution in [-0.4, -0.2) is 29.4 Å². The van der Waals surface area contributed by atoms with Gasteiger partial charge in [-0.15, -0.1) is 0 Å². The molecule has 0 spiro atoms. The first-order valence-electron chi connectivity index (χ1n) is 4.91. The minimum atomic E-state index is -0.927. The molecule has 15 heavy (non-hydrogen) atoms. The molecule has 2 rings (SSSR count). The van der Waals surface area contributed by atoms with E-state index in [1.54, 1.807) is 0 Å². The van der Waals surface area contributed by atoms with E-state index >= 15 is 0 Å². The van der Waals surface area contributed by atoms with E-state index in [2.05, 4.69) is 0 Å². The van der Waals surface area contributed by atoms with Gasteiger partial charge < -0.3 is 9.84 Å². The Morgan fingerprint density at radius 1 is 1.40 bits per heavy atom. The highest BCUT2D eigenvalue weighted by atomic mass is 16.5. The van der Waals surface area contributed by atoms with Crippen molar-refractivity contribution in [3.8, 4) is 0 Å².